The molecule has 0 unspecified atom stereocenters. The van der Waals surface area contributed by atoms with Crippen molar-refractivity contribution in [1.82, 2.24) is 14.4 Å². The van der Waals surface area contributed by atoms with Gasteiger partial charge in [-0.15, -0.1) is 0 Å². The average Bonchev–Trinajstić information content (AvgIpc) is 2.89. The van der Waals surface area contributed by atoms with Gasteiger partial charge >= 0.3 is 0 Å². The van der Waals surface area contributed by atoms with Crippen molar-refractivity contribution in [3.63, 3.8) is 0 Å². The third kappa shape index (κ3) is 6.05. The molecule has 2 amide bonds. The molecular formula is C28H32N4O3. The lowest BCUT2D eigenvalue weighted by atomic mass is 10.1. The number of benzene rings is 2. The fourth-order valence-electron chi connectivity index (χ4n) is 4.50. The molecule has 35 heavy (non-hydrogen) atoms. The average molecular weight is 473 g/mol. The van der Waals surface area contributed by atoms with E-state index in [0.717, 1.165) is 30.8 Å². The van der Waals surface area contributed by atoms with E-state index >= 15 is 0 Å². The SMILES string of the molecule is CC(=O)N1CCCN(Cc2ccccc2)CCN(C(=O)c2ccn(C)c(=O)c2)Cc2ccccc21. The van der Waals surface area contributed by atoms with Crippen LogP contribution in [0.25, 0.3) is 0 Å². The van der Waals surface area contributed by atoms with Crippen LogP contribution in [0.1, 0.15) is 34.8 Å². The molecule has 0 radical (unpaired) electrons. The molecule has 0 bridgehead atoms. The van der Waals surface area contributed by atoms with Gasteiger partial charge in [0.2, 0.25) is 5.91 Å². The molecular weight excluding hydrogens is 440 g/mol. The number of rotatable bonds is 3. The maximum absolute atomic E-state index is 13.6. The molecule has 1 aliphatic heterocycles. The van der Waals surface area contributed by atoms with E-state index in [1.807, 2.05) is 47.4 Å². The van der Waals surface area contributed by atoms with E-state index in [2.05, 4.69) is 17.0 Å². The fraction of sp³-hybridized carbons (Fsp3) is 0.321. The van der Waals surface area contributed by atoms with E-state index in [0.29, 0.717) is 31.7 Å². The third-order valence-corrected chi connectivity index (χ3v) is 6.45. The van der Waals surface area contributed by atoms with Gasteiger partial charge in [0, 0.05) is 76.8 Å². The van der Waals surface area contributed by atoms with Crippen molar-refractivity contribution in [2.45, 2.75) is 26.4 Å². The highest BCUT2D eigenvalue weighted by Crippen LogP contribution is 2.24. The first-order valence-electron chi connectivity index (χ1n) is 12.0. The fourth-order valence-corrected chi connectivity index (χ4v) is 4.50. The van der Waals surface area contributed by atoms with Crippen LogP contribution in [0, 0.1) is 0 Å². The second kappa shape index (κ2) is 11.1. The molecule has 2 aromatic carbocycles. The maximum Gasteiger partial charge on any atom is 0.254 e. The molecule has 4 rings (SSSR count). The monoisotopic (exact) mass is 472 g/mol. The summed E-state index contributed by atoms with van der Waals surface area (Å²) < 4.78 is 1.45. The number of pyridine rings is 1. The minimum absolute atomic E-state index is 0.0178. The predicted octanol–water partition coefficient (Wildman–Crippen LogP) is 3.29. The normalized spacial score (nSPS) is 15.3. The minimum atomic E-state index is -0.220. The Morgan fingerprint density at radius 2 is 1.63 bits per heavy atom. The van der Waals surface area contributed by atoms with E-state index in [-0.39, 0.29) is 17.4 Å². The number of anilines is 1. The Morgan fingerprint density at radius 1 is 0.886 bits per heavy atom. The van der Waals surface area contributed by atoms with Gasteiger partial charge in [-0.05, 0) is 29.7 Å². The molecule has 7 nitrogen and oxygen atoms in total. The van der Waals surface area contributed by atoms with Crippen molar-refractivity contribution in [1.29, 1.82) is 0 Å². The largest absolute Gasteiger partial charge is 0.333 e. The molecule has 0 saturated carbocycles. The highest BCUT2D eigenvalue weighted by Gasteiger charge is 2.23. The van der Waals surface area contributed by atoms with Gasteiger partial charge in [-0.1, -0.05) is 48.5 Å². The van der Waals surface area contributed by atoms with Crippen molar-refractivity contribution in [2.75, 3.05) is 31.1 Å². The number of carbonyl (C=O) groups excluding carboxylic acids is 2. The van der Waals surface area contributed by atoms with Crippen LogP contribution in [0.4, 0.5) is 5.69 Å². The van der Waals surface area contributed by atoms with E-state index in [4.69, 9.17) is 0 Å². The summed E-state index contributed by atoms with van der Waals surface area (Å²) in [6.45, 7) is 5.31. The zero-order valence-corrected chi connectivity index (χ0v) is 20.4. The van der Waals surface area contributed by atoms with Crippen molar-refractivity contribution in [2.24, 2.45) is 7.05 Å². The number of hydrogen-bond donors (Lipinski definition) is 0. The molecule has 1 aromatic heterocycles. The number of nitrogens with zero attached hydrogens (tertiary/aromatic N) is 4. The molecule has 3 aromatic rings. The molecule has 0 saturated heterocycles. The van der Waals surface area contributed by atoms with Gasteiger partial charge in [-0.2, -0.15) is 0 Å². The van der Waals surface area contributed by atoms with Gasteiger partial charge < -0.3 is 14.4 Å². The summed E-state index contributed by atoms with van der Waals surface area (Å²) in [7, 11) is 1.66. The van der Waals surface area contributed by atoms with Crippen LogP contribution in [-0.4, -0.2) is 52.4 Å². The Morgan fingerprint density at radius 3 is 2.37 bits per heavy atom. The highest BCUT2D eigenvalue weighted by atomic mass is 16.2. The summed E-state index contributed by atoms with van der Waals surface area (Å²) in [5.41, 5.74) is 3.11. The molecule has 7 heteroatoms. The van der Waals surface area contributed by atoms with E-state index in [9.17, 15) is 14.4 Å². The van der Waals surface area contributed by atoms with Gasteiger partial charge in [0.25, 0.3) is 11.5 Å². The summed E-state index contributed by atoms with van der Waals surface area (Å²) in [6, 6.07) is 21.1. The van der Waals surface area contributed by atoms with Gasteiger partial charge in [0.05, 0.1) is 0 Å². The zero-order chi connectivity index (χ0) is 24.8. The number of hydrogen-bond acceptors (Lipinski definition) is 4. The third-order valence-electron chi connectivity index (χ3n) is 6.45. The van der Waals surface area contributed by atoms with Crippen molar-refractivity contribution in [3.8, 4) is 0 Å². The summed E-state index contributed by atoms with van der Waals surface area (Å²) in [5.74, 6) is -0.207. The lowest BCUT2D eigenvalue weighted by Gasteiger charge is -2.28. The Kier molecular flexibility index (Phi) is 7.77. The topological polar surface area (TPSA) is 65.9 Å². The molecule has 0 atom stereocenters. The maximum atomic E-state index is 13.6. The van der Waals surface area contributed by atoms with Gasteiger partial charge in [0.1, 0.15) is 0 Å². The van der Waals surface area contributed by atoms with Gasteiger partial charge in [-0.3, -0.25) is 19.3 Å². The molecule has 182 valence electrons. The Balaban J connectivity index is 1.68. The molecule has 2 heterocycles. The first-order chi connectivity index (χ1) is 16.9. The van der Waals surface area contributed by atoms with Crippen molar-refractivity contribution >= 4 is 17.5 Å². The lowest BCUT2D eigenvalue weighted by molar-refractivity contribution is -0.116. The summed E-state index contributed by atoms with van der Waals surface area (Å²) in [6.07, 6.45) is 2.44. The molecule has 0 N–H and O–H groups in total. The second-order valence-corrected chi connectivity index (χ2v) is 9.01. The van der Waals surface area contributed by atoms with E-state index in [1.165, 1.54) is 16.2 Å². The lowest BCUT2D eigenvalue weighted by Crippen LogP contribution is -2.39. The van der Waals surface area contributed by atoms with E-state index < -0.39 is 0 Å². The van der Waals surface area contributed by atoms with Crippen LogP contribution in [0.2, 0.25) is 0 Å². The number of carbonyl (C=O) groups is 2. The van der Waals surface area contributed by atoms with Crippen LogP contribution in [0.3, 0.4) is 0 Å². The van der Waals surface area contributed by atoms with Crippen LogP contribution in [0.15, 0.2) is 77.7 Å². The molecule has 0 spiro atoms. The minimum Gasteiger partial charge on any atom is -0.333 e. The van der Waals surface area contributed by atoms with E-state index in [1.54, 1.807) is 31.1 Å². The van der Waals surface area contributed by atoms with Crippen LogP contribution < -0.4 is 10.5 Å². The number of fused-ring (bicyclic) bond motifs is 1. The summed E-state index contributed by atoms with van der Waals surface area (Å²) in [5, 5.41) is 0. The number of aryl methyl sites for hydroxylation is 1. The predicted molar refractivity (Wildman–Crippen MR) is 137 cm³/mol. The first kappa shape index (κ1) is 24.4. The standard InChI is InChI=1S/C28H32N4O3/c1-22(33)32-15-8-14-30(20-23-9-4-3-5-10-23)17-18-31(21-25-11-6-7-12-26(25)32)28(35)24-13-16-29(2)27(34)19-24/h3-7,9-13,16,19H,8,14-15,17-18,20-21H2,1-2H3. The molecule has 0 aliphatic carbocycles. The highest BCUT2D eigenvalue weighted by molar-refractivity contribution is 5.95. The Bertz CT molecular complexity index is 1240. The molecule has 1 aliphatic rings. The molecule has 0 fully saturated rings. The Labute approximate surface area is 206 Å². The first-order valence-corrected chi connectivity index (χ1v) is 12.0. The van der Waals surface area contributed by atoms with Gasteiger partial charge in [-0.25, -0.2) is 0 Å². The zero-order valence-electron chi connectivity index (χ0n) is 20.4. The quantitative estimate of drug-likeness (QED) is 0.587. The smallest absolute Gasteiger partial charge is 0.254 e. The van der Waals surface area contributed by atoms with Crippen LogP contribution in [0.5, 0.6) is 0 Å². The number of amides is 2. The van der Waals surface area contributed by atoms with Crippen molar-refractivity contribution in [3.05, 3.63) is 100.0 Å². The Hall–Kier alpha value is -3.71. The summed E-state index contributed by atoms with van der Waals surface area (Å²) in [4.78, 5) is 44.3. The van der Waals surface area contributed by atoms with Crippen LogP contribution >= 0.6 is 0 Å². The number of aromatic nitrogens is 1. The number of para-hydroxylation sites is 1. The summed E-state index contributed by atoms with van der Waals surface area (Å²) >= 11 is 0. The second-order valence-electron chi connectivity index (χ2n) is 9.01. The van der Waals surface area contributed by atoms with Gasteiger partial charge in [0.15, 0.2) is 0 Å². The van der Waals surface area contributed by atoms with Crippen LogP contribution in [-0.2, 0) is 24.9 Å². The van der Waals surface area contributed by atoms with Crippen molar-refractivity contribution < 1.29 is 9.59 Å².